The largest absolute Gasteiger partial charge is 0.424 e. The third-order valence-electron chi connectivity index (χ3n) is 4.83. The van der Waals surface area contributed by atoms with Crippen LogP contribution in [0.5, 0.6) is 0 Å². The number of nitrogens with zero attached hydrogens (tertiary/aromatic N) is 4. The molecule has 122 valence electrons. The molecule has 4 rings (SSSR count). The monoisotopic (exact) mass is 312 g/mol. The molecule has 2 aliphatic rings. The first-order chi connectivity index (χ1) is 11.2. The van der Waals surface area contributed by atoms with Crippen LogP contribution in [0.4, 0.5) is 5.69 Å². The van der Waals surface area contributed by atoms with Gasteiger partial charge in [0.15, 0.2) is 0 Å². The Morgan fingerprint density at radius 1 is 1.09 bits per heavy atom. The Hall–Kier alpha value is -1.88. The van der Waals surface area contributed by atoms with Crippen LogP contribution >= 0.6 is 0 Å². The van der Waals surface area contributed by atoms with Gasteiger partial charge in [-0.3, -0.25) is 4.90 Å². The maximum atomic E-state index is 5.78. The zero-order chi connectivity index (χ0) is 15.8. The van der Waals surface area contributed by atoms with E-state index in [0.29, 0.717) is 5.92 Å². The molecule has 0 N–H and O–H groups in total. The molecule has 0 atom stereocenters. The van der Waals surface area contributed by atoms with Crippen LogP contribution in [0.25, 0.3) is 0 Å². The van der Waals surface area contributed by atoms with Gasteiger partial charge >= 0.3 is 0 Å². The minimum Gasteiger partial charge on any atom is -0.424 e. The molecule has 2 aromatic rings. The van der Waals surface area contributed by atoms with Gasteiger partial charge in [0, 0.05) is 37.8 Å². The van der Waals surface area contributed by atoms with E-state index in [9.17, 15) is 0 Å². The lowest BCUT2D eigenvalue weighted by atomic mass is 10.1. The summed E-state index contributed by atoms with van der Waals surface area (Å²) < 4.78 is 5.78. The van der Waals surface area contributed by atoms with Crippen LogP contribution in [0, 0.1) is 13.8 Å². The second-order valence-electron chi connectivity index (χ2n) is 6.86. The number of anilines is 1. The Morgan fingerprint density at radius 2 is 1.87 bits per heavy atom. The quantitative estimate of drug-likeness (QED) is 0.868. The third-order valence-corrected chi connectivity index (χ3v) is 4.83. The van der Waals surface area contributed by atoms with E-state index in [-0.39, 0.29) is 0 Å². The Labute approximate surface area is 137 Å². The van der Waals surface area contributed by atoms with Crippen LogP contribution in [0.15, 0.2) is 22.6 Å². The molecule has 0 amide bonds. The summed E-state index contributed by atoms with van der Waals surface area (Å²) in [5.74, 6) is 2.15. The molecule has 0 bridgehead atoms. The molecular weight excluding hydrogens is 288 g/mol. The maximum Gasteiger partial charge on any atom is 0.230 e. The molecule has 2 heterocycles. The van der Waals surface area contributed by atoms with Crippen molar-refractivity contribution >= 4 is 5.69 Å². The maximum absolute atomic E-state index is 5.78. The molecular formula is C18H24N4O. The van der Waals surface area contributed by atoms with Crippen molar-refractivity contribution in [1.29, 1.82) is 0 Å². The number of benzene rings is 1. The Kier molecular flexibility index (Phi) is 3.81. The first-order valence-electron chi connectivity index (χ1n) is 8.56. The summed E-state index contributed by atoms with van der Waals surface area (Å²) in [6.45, 7) is 9.30. The van der Waals surface area contributed by atoms with Crippen molar-refractivity contribution in [3.05, 3.63) is 41.1 Å². The van der Waals surface area contributed by atoms with Crippen LogP contribution in [0.2, 0.25) is 0 Å². The molecule has 0 radical (unpaired) electrons. The van der Waals surface area contributed by atoms with Gasteiger partial charge in [-0.25, -0.2) is 0 Å². The molecule has 1 aromatic heterocycles. The topological polar surface area (TPSA) is 45.4 Å². The Bertz CT molecular complexity index is 684. The summed E-state index contributed by atoms with van der Waals surface area (Å²) in [6, 6.07) is 6.71. The van der Waals surface area contributed by atoms with Crippen molar-refractivity contribution in [2.75, 3.05) is 31.1 Å². The smallest absolute Gasteiger partial charge is 0.230 e. The van der Waals surface area contributed by atoms with Crippen molar-refractivity contribution in [1.82, 2.24) is 15.1 Å². The van der Waals surface area contributed by atoms with Crippen LogP contribution in [0.3, 0.4) is 0 Å². The highest BCUT2D eigenvalue weighted by molar-refractivity contribution is 5.54. The van der Waals surface area contributed by atoms with Crippen molar-refractivity contribution in [2.24, 2.45) is 0 Å². The van der Waals surface area contributed by atoms with Gasteiger partial charge in [-0.05, 0) is 38.3 Å². The number of rotatable bonds is 4. The van der Waals surface area contributed by atoms with Gasteiger partial charge in [0.2, 0.25) is 11.8 Å². The van der Waals surface area contributed by atoms with Crippen LogP contribution < -0.4 is 4.90 Å². The van der Waals surface area contributed by atoms with E-state index in [0.717, 1.165) is 44.5 Å². The number of hydrogen-bond acceptors (Lipinski definition) is 5. The van der Waals surface area contributed by atoms with E-state index in [4.69, 9.17) is 4.42 Å². The molecule has 1 aliphatic heterocycles. The molecule has 0 spiro atoms. The normalized spacial score (nSPS) is 19.3. The fourth-order valence-corrected chi connectivity index (χ4v) is 3.32. The van der Waals surface area contributed by atoms with E-state index in [1.54, 1.807) is 0 Å². The van der Waals surface area contributed by atoms with Crippen molar-refractivity contribution in [3.63, 3.8) is 0 Å². The molecule has 2 fully saturated rings. The molecule has 0 unspecified atom stereocenters. The highest BCUT2D eigenvalue weighted by atomic mass is 16.4. The summed E-state index contributed by atoms with van der Waals surface area (Å²) in [7, 11) is 0. The molecule has 1 saturated heterocycles. The zero-order valence-electron chi connectivity index (χ0n) is 14.0. The Morgan fingerprint density at radius 3 is 2.57 bits per heavy atom. The SMILES string of the molecule is Cc1ccc(N2CCN(Cc3nnc(C4CC4)o3)CC2)c(C)c1. The van der Waals surface area contributed by atoms with E-state index in [1.807, 2.05) is 0 Å². The van der Waals surface area contributed by atoms with Crippen LogP contribution in [-0.2, 0) is 6.54 Å². The molecule has 5 nitrogen and oxygen atoms in total. The highest BCUT2D eigenvalue weighted by Gasteiger charge is 2.29. The standard InChI is InChI=1S/C18H24N4O/c1-13-3-6-16(14(2)11-13)22-9-7-21(8-10-22)12-17-19-20-18(23-17)15-4-5-15/h3,6,11,15H,4-5,7-10,12H2,1-2H3. The Balaban J connectivity index is 1.34. The minimum atomic E-state index is 0.539. The second-order valence-corrected chi connectivity index (χ2v) is 6.86. The summed E-state index contributed by atoms with van der Waals surface area (Å²) >= 11 is 0. The van der Waals surface area contributed by atoms with Crippen LogP contribution in [-0.4, -0.2) is 41.3 Å². The predicted molar refractivity (Wildman–Crippen MR) is 89.7 cm³/mol. The van der Waals surface area contributed by atoms with Crippen molar-refractivity contribution < 1.29 is 4.42 Å². The first-order valence-corrected chi connectivity index (χ1v) is 8.56. The van der Waals surface area contributed by atoms with E-state index >= 15 is 0 Å². The lowest BCUT2D eigenvalue weighted by molar-refractivity contribution is 0.224. The number of aryl methyl sites for hydroxylation is 2. The third kappa shape index (κ3) is 3.24. The van der Waals surface area contributed by atoms with Gasteiger partial charge in [0.25, 0.3) is 0 Å². The second kappa shape index (κ2) is 5.96. The fourth-order valence-electron chi connectivity index (χ4n) is 3.32. The molecule has 1 aromatic carbocycles. The van der Waals surface area contributed by atoms with Gasteiger partial charge < -0.3 is 9.32 Å². The van der Waals surface area contributed by atoms with E-state index in [1.165, 1.54) is 29.7 Å². The van der Waals surface area contributed by atoms with Crippen LogP contribution in [0.1, 0.15) is 41.7 Å². The molecule has 23 heavy (non-hydrogen) atoms. The first kappa shape index (κ1) is 14.7. The highest BCUT2D eigenvalue weighted by Crippen LogP contribution is 2.39. The average Bonchev–Trinajstić information content (AvgIpc) is 3.29. The van der Waals surface area contributed by atoms with Gasteiger partial charge in [-0.2, -0.15) is 0 Å². The van der Waals surface area contributed by atoms with E-state index in [2.05, 4.69) is 52.0 Å². The van der Waals surface area contributed by atoms with Crippen molar-refractivity contribution in [3.8, 4) is 0 Å². The molecule has 1 saturated carbocycles. The number of hydrogen-bond donors (Lipinski definition) is 0. The number of aromatic nitrogens is 2. The summed E-state index contributed by atoms with van der Waals surface area (Å²) in [5, 5.41) is 8.37. The summed E-state index contributed by atoms with van der Waals surface area (Å²) in [6.07, 6.45) is 2.41. The van der Waals surface area contributed by atoms with Gasteiger partial charge in [0.1, 0.15) is 0 Å². The predicted octanol–water partition coefficient (Wildman–Crippen LogP) is 2.89. The summed E-state index contributed by atoms with van der Waals surface area (Å²) in [4.78, 5) is 4.89. The van der Waals surface area contributed by atoms with E-state index < -0.39 is 0 Å². The van der Waals surface area contributed by atoms with Crippen molar-refractivity contribution in [2.45, 2.75) is 39.2 Å². The molecule has 1 aliphatic carbocycles. The van der Waals surface area contributed by atoms with Gasteiger partial charge in [-0.1, -0.05) is 17.7 Å². The lowest BCUT2D eigenvalue weighted by Crippen LogP contribution is -2.46. The molecule has 5 heteroatoms. The summed E-state index contributed by atoms with van der Waals surface area (Å²) in [5.41, 5.74) is 4.06. The lowest BCUT2D eigenvalue weighted by Gasteiger charge is -2.36. The average molecular weight is 312 g/mol. The zero-order valence-corrected chi connectivity index (χ0v) is 14.0. The fraction of sp³-hybridized carbons (Fsp3) is 0.556. The number of piperazine rings is 1. The van der Waals surface area contributed by atoms with Gasteiger partial charge in [0.05, 0.1) is 6.54 Å². The van der Waals surface area contributed by atoms with Gasteiger partial charge in [-0.15, -0.1) is 10.2 Å². The minimum absolute atomic E-state index is 0.539.